The Morgan fingerprint density at radius 1 is 1.21 bits per heavy atom. The predicted molar refractivity (Wildman–Crippen MR) is 59.7 cm³/mol. The number of hydrogen-bond donors (Lipinski definition) is 2. The molecule has 1 amide bonds. The minimum absolute atomic E-state index is 0. The maximum atomic E-state index is 11.6. The van der Waals surface area contributed by atoms with E-state index < -0.39 is 30.3 Å². The van der Waals surface area contributed by atoms with E-state index in [1.54, 1.807) is 0 Å². The Balaban J connectivity index is 0.00000324. The van der Waals surface area contributed by atoms with Gasteiger partial charge in [-0.05, 0) is 12.1 Å². The molecule has 1 aromatic rings. The van der Waals surface area contributed by atoms with Crippen molar-refractivity contribution in [1.82, 2.24) is 5.32 Å². The van der Waals surface area contributed by atoms with Crippen molar-refractivity contribution < 1.29 is 29.7 Å². The minimum Gasteiger partial charge on any atom is -0.550 e. The van der Waals surface area contributed by atoms with Crippen molar-refractivity contribution in [3.8, 4) is 5.75 Å². The van der Waals surface area contributed by atoms with Gasteiger partial charge in [-0.15, -0.1) is 0 Å². The Hall–Kier alpha value is -1.31. The molecule has 0 aliphatic heterocycles. The van der Waals surface area contributed by atoms with Crippen LogP contribution in [0, 0.1) is 0 Å². The molecule has 1 atom stereocenters. The van der Waals surface area contributed by atoms with Gasteiger partial charge in [0.1, 0.15) is 5.75 Å². The summed E-state index contributed by atoms with van der Waals surface area (Å²) in [6.45, 7) is 0. The number of carbonyl (C=O) groups excluding carboxylic acids is 3. The number of hydrogen-bond acceptors (Lipinski definition) is 6. The Bertz CT molecular complexity index is 490. The molecular weight excluding hydrogens is 282 g/mol. The number of carboxylic acids is 2. The first-order chi connectivity index (χ1) is 8.41. The van der Waals surface area contributed by atoms with Crippen molar-refractivity contribution in [3.05, 3.63) is 29.8 Å². The molecule has 8 heteroatoms. The number of aromatic hydroxyl groups is 1. The zero-order chi connectivity index (χ0) is 13.7. The van der Waals surface area contributed by atoms with Crippen molar-refractivity contribution in [2.45, 2.75) is 12.5 Å². The second-order valence-electron chi connectivity index (χ2n) is 3.44. The number of rotatable bonds is 5. The van der Waals surface area contributed by atoms with Gasteiger partial charge in [0.2, 0.25) is 0 Å². The fourth-order valence-electron chi connectivity index (χ4n) is 1.26. The van der Waals surface area contributed by atoms with E-state index in [0.29, 0.717) is 0 Å². The molecule has 0 saturated carbocycles. The fourth-order valence-corrected chi connectivity index (χ4v) is 1.26. The third-order valence-corrected chi connectivity index (χ3v) is 2.11. The molecule has 0 heterocycles. The number of phenolic OH excluding ortho intramolecular Hbond substituents is 1. The van der Waals surface area contributed by atoms with Crippen LogP contribution in [0.1, 0.15) is 16.8 Å². The summed E-state index contributed by atoms with van der Waals surface area (Å²) < 4.78 is 0. The molecule has 1 rings (SSSR count). The fraction of sp³-hybridized carbons (Fsp3) is 0.182. The van der Waals surface area contributed by atoms with Crippen LogP contribution in [0.3, 0.4) is 0 Å². The van der Waals surface area contributed by atoms with Gasteiger partial charge < -0.3 is 30.2 Å². The molecule has 1 aromatic carbocycles. The van der Waals surface area contributed by atoms with Crippen LogP contribution in [-0.2, 0) is 9.59 Å². The number of benzene rings is 1. The van der Waals surface area contributed by atoms with Crippen LogP contribution in [0.25, 0.3) is 0 Å². The topological polar surface area (TPSA) is 130 Å². The van der Waals surface area contributed by atoms with E-state index in [2.05, 4.69) is 0 Å². The summed E-state index contributed by atoms with van der Waals surface area (Å²) in [5.74, 6) is -4.64. The van der Waals surface area contributed by atoms with Gasteiger partial charge in [-0.2, -0.15) is 0 Å². The van der Waals surface area contributed by atoms with Crippen LogP contribution in [-0.4, -0.2) is 66.7 Å². The van der Waals surface area contributed by atoms with Crippen LogP contribution < -0.4 is 15.5 Å². The summed E-state index contributed by atoms with van der Waals surface area (Å²) in [5, 5.41) is 32.2. The molecule has 19 heavy (non-hydrogen) atoms. The van der Waals surface area contributed by atoms with Gasteiger partial charge in [0.05, 0.1) is 17.6 Å². The Morgan fingerprint density at radius 3 is 2.26 bits per heavy atom. The van der Waals surface area contributed by atoms with Crippen molar-refractivity contribution in [1.29, 1.82) is 0 Å². The van der Waals surface area contributed by atoms with Gasteiger partial charge in [-0.3, -0.25) is 4.79 Å². The predicted octanol–water partition coefficient (Wildman–Crippen LogP) is -3.00. The summed E-state index contributed by atoms with van der Waals surface area (Å²) in [5.41, 5.74) is -0.165. The standard InChI is InChI=1S/C11H11NO6.Ca/c13-8-4-2-1-3-6(8)10(16)12-7(11(17)18)5-9(14)15;/h1-4,7,13H,5H2,(H,12,16)(H,14,15)(H,17,18);/q;+2/p-2/t7-;/m0./s1. The minimum atomic E-state index is -1.75. The first-order valence-electron chi connectivity index (χ1n) is 4.91. The maximum Gasteiger partial charge on any atom is 2.00 e. The average molecular weight is 291 g/mol. The molecule has 0 fully saturated rings. The maximum absolute atomic E-state index is 11.6. The third-order valence-electron chi connectivity index (χ3n) is 2.11. The van der Waals surface area contributed by atoms with Crippen LogP contribution in [0.5, 0.6) is 5.75 Å². The van der Waals surface area contributed by atoms with Gasteiger partial charge in [-0.1, -0.05) is 12.1 Å². The van der Waals surface area contributed by atoms with E-state index in [-0.39, 0.29) is 49.1 Å². The van der Waals surface area contributed by atoms with Gasteiger partial charge in [-0.25, -0.2) is 0 Å². The second-order valence-corrected chi connectivity index (χ2v) is 3.44. The zero-order valence-electron chi connectivity index (χ0n) is 9.79. The summed E-state index contributed by atoms with van der Waals surface area (Å²) in [6, 6.07) is 3.71. The van der Waals surface area contributed by atoms with Crippen molar-refractivity contribution in [3.63, 3.8) is 0 Å². The van der Waals surface area contributed by atoms with E-state index >= 15 is 0 Å². The van der Waals surface area contributed by atoms with Crippen LogP contribution >= 0.6 is 0 Å². The van der Waals surface area contributed by atoms with Crippen molar-refractivity contribution >= 4 is 55.6 Å². The normalized spacial score (nSPS) is 10.9. The van der Waals surface area contributed by atoms with Crippen LogP contribution in [0.2, 0.25) is 0 Å². The second kappa shape index (κ2) is 7.98. The van der Waals surface area contributed by atoms with E-state index in [0.717, 1.165) is 0 Å². The number of carbonyl (C=O) groups is 3. The molecule has 0 radical (unpaired) electrons. The first kappa shape index (κ1) is 17.7. The van der Waals surface area contributed by atoms with Crippen molar-refractivity contribution in [2.24, 2.45) is 0 Å². The summed E-state index contributed by atoms with van der Waals surface area (Å²) >= 11 is 0. The monoisotopic (exact) mass is 291 g/mol. The molecule has 2 N–H and O–H groups in total. The number of para-hydroxylation sites is 1. The van der Waals surface area contributed by atoms with Gasteiger partial charge in [0.15, 0.2) is 0 Å². The number of phenols is 1. The Morgan fingerprint density at radius 2 is 1.79 bits per heavy atom. The van der Waals surface area contributed by atoms with Crippen LogP contribution in [0.15, 0.2) is 24.3 Å². The quantitative estimate of drug-likeness (QED) is 0.556. The molecule has 0 unspecified atom stereocenters. The van der Waals surface area contributed by atoms with E-state index in [1.807, 2.05) is 5.32 Å². The van der Waals surface area contributed by atoms with E-state index in [1.165, 1.54) is 24.3 Å². The molecule has 96 valence electrons. The molecule has 0 saturated heterocycles. The molecule has 0 aliphatic carbocycles. The number of aliphatic carboxylic acids is 2. The van der Waals surface area contributed by atoms with E-state index in [4.69, 9.17) is 0 Å². The first-order valence-corrected chi connectivity index (χ1v) is 4.91. The molecular formula is C11H9CaNO6. The van der Waals surface area contributed by atoms with Gasteiger partial charge in [0, 0.05) is 12.4 Å². The average Bonchev–Trinajstić information content (AvgIpc) is 2.27. The third kappa shape index (κ3) is 5.46. The zero-order valence-corrected chi connectivity index (χ0v) is 12.0. The van der Waals surface area contributed by atoms with Gasteiger partial charge >= 0.3 is 37.7 Å². The molecule has 0 bridgehead atoms. The summed E-state index contributed by atoms with van der Waals surface area (Å²) in [4.78, 5) is 32.5. The Kier molecular flexibility index (Phi) is 7.43. The Labute approximate surface area is 138 Å². The SMILES string of the molecule is O=C([O-])C[C@H](NC(=O)c1ccccc1O)C(=O)[O-].[Ca+2]. The summed E-state index contributed by atoms with van der Waals surface area (Å²) in [6.07, 6.45) is -0.915. The largest absolute Gasteiger partial charge is 2.00 e. The summed E-state index contributed by atoms with van der Waals surface area (Å²) in [7, 11) is 0. The number of amides is 1. The van der Waals surface area contributed by atoms with Gasteiger partial charge in [0.25, 0.3) is 5.91 Å². The number of nitrogens with one attached hydrogen (secondary N) is 1. The molecule has 7 nitrogen and oxygen atoms in total. The van der Waals surface area contributed by atoms with Crippen molar-refractivity contribution in [2.75, 3.05) is 0 Å². The smallest absolute Gasteiger partial charge is 0.550 e. The molecule has 0 spiro atoms. The molecule has 0 aliphatic rings. The number of carboxylic acid groups (broad SMARTS) is 2. The molecule has 0 aromatic heterocycles. The van der Waals surface area contributed by atoms with E-state index in [9.17, 15) is 29.7 Å². The van der Waals surface area contributed by atoms with Crippen LogP contribution in [0.4, 0.5) is 0 Å².